The maximum Gasteiger partial charge on any atom is 0.138 e. The maximum absolute atomic E-state index is 5.18. The van der Waals surface area contributed by atoms with Gasteiger partial charge in [0, 0.05) is 18.2 Å². The molecule has 3 heteroatoms. The van der Waals surface area contributed by atoms with E-state index in [-0.39, 0.29) is 0 Å². The van der Waals surface area contributed by atoms with Crippen molar-refractivity contribution in [1.29, 1.82) is 0 Å². The Morgan fingerprint density at radius 1 is 1.47 bits per heavy atom. The van der Waals surface area contributed by atoms with E-state index in [1.54, 1.807) is 0 Å². The van der Waals surface area contributed by atoms with Crippen LogP contribution < -0.4 is 0 Å². The zero-order valence-electron chi connectivity index (χ0n) is 10.1. The zero-order valence-corrected chi connectivity index (χ0v) is 10.1. The van der Waals surface area contributed by atoms with Crippen molar-refractivity contribution < 1.29 is 4.52 Å². The van der Waals surface area contributed by atoms with Crippen LogP contribution in [-0.4, -0.2) is 23.1 Å². The number of aryl methyl sites for hydroxylation is 2. The topological polar surface area (TPSA) is 29.3 Å². The summed E-state index contributed by atoms with van der Waals surface area (Å²) >= 11 is 0. The van der Waals surface area contributed by atoms with Crippen molar-refractivity contribution in [1.82, 2.24) is 10.1 Å². The summed E-state index contributed by atoms with van der Waals surface area (Å²) in [6.07, 6.45) is 2.79. The molecule has 0 saturated heterocycles. The van der Waals surface area contributed by atoms with Crippen LogP contribution >= 0.6 is 0 Å². The average molecular weight is 208 g/mol. The molecular weight excluding hydrogens is 188 g/mol. The van der Waals surface area contributed by atoms with Crippen molar-refractivity contribution in [3.8, 4) is 0 Å². The second-order valence-corrected chi connectivity index (χ2v) is 4.80. The van der Waals surface area contributed by atoms with Crippen LogP contribution in [0.5, 0.6) is 0 Å². The fourth-order valence-corrected chi connectivity index (χ4v) is 2.06. The number of hydrogen-bond donors (Lipinski definition) is 0. The summed E-state index contributed by atoms with van der Waals surface area (Å²) in [5, 5.41) is 3.99. The predicted molar refractivity (Wildman–Crippen MR) is 59.6 cm³/mol. The highest BCUT2D eigenvalue weighted by Gasteiger charge is 2.30. The van der Waals surface area contributed by atoms with Crippen LogP contribution in [0.3, 0.4) is 0 Å². The van der Waals surface area contributed by atoms with Gasteiger partial charge in [-0.2, -0.15) is 0 Å². The van der Waals surface area contributed by atoms with Gasteiger partial charge in [0.1, 0.15) is 5.76 Å². The summed E-state index contributed by atoms with van der Waals surface area (Å²) in [6, 6.07) is 0.679. The highest BCUT2D eigenvalue weighted by Crippen LogP contribution is 2.35. The summed E-state index contributed by atoms with van der Waals surface area (Å²) in [5.41, 5.74) is 2.28. The molecule has 1 atom stereocenters. The minimum atomic E-state index is 0.679. The summed E-state index contributed by atoms with van der Waals surface area (Å²) < 4.78 is 5.18. The molecule has 1 aliphatic carbocycles. The van der Waals surface area contributed by atoms with Crippen molar-refractivity contribution in [3.63, 3.8) is 0 Å². The molecule has 84 valence electrons. The van der Waals surface area contributed by atoms with Crippen LogP contribution in [0.1, 0.15) is 36.8 Å². The highest BCUT2D eigenvalue weighted by atomic mass is 16.5. The lowest BCUT2D eigenvalue weighted by Crippen LogP contribution is -2.30. The second-order valence-electron chi connectivity index (χ2n) is 4.80. The van der Waals surface area contributed by atoms with Crippen LogP contribution in [0.25, 0.3) is 0 Å². The molecule has 1 unspecified atom stereocenters. The summed E-state index contributed by atoms with van der Waals surface area (Å²) in [5.74, 6) is 1.87. The molecule has 0 spiro atoms. The lowest BCUT2D eigenvalue weighted by Gasteiger charge is -2.24. The van der Waals surface area contributed by atoms with Crippen molar-refractivity contribution >= 4 is 0 Å². The van der Waals surface area contributed by atoms with Crippen molar-refractivity contribution in [2.75, 3.05) is 7.05 Å². The molecule has 0 aliphatic heterocycles. The van der Waals surface area contributed by atoms with Crippen molar-refractivity contribution in [2.24, 2.45) is 5.92 Å². The standard InChI is InChI=1S/C12H20N2O/c1-8-12(10(3)15-13-8)7-14(4)9(2)11-5-6-11/h9,11H,5-7H2,1-4H3. The molecule has 1 saturated carbocycles. The molecule has 1 fully saturated rings. The second kappa shape index (κ2) is 3.97. The molecule has 1 aliphatic rings. The van der Waals surface area contributed by atoms with Gasteiger partial charge in [0.05, 0.1) is 5.69 Å². The first-order valence-corrected chi connectivity index (χ1v) is 5.71. The minimum Gasteiger partial charge on any atom is -0.361 e. The summed E-state index contributed by atoms with van der Waals surface area (Å²) in [4.78, 5) is 2.41. The van der Waals surface area contributed by atoms with Crippen LogP contribution in [0.15, 0.2) is 4.52 Å². The third-order valence-corrected chi connectivity index (χ3v) is 3.59. The lowest BCUT2D eigenvalue weighted by molar-refractivity contribution is 0.225. The van der Waals surface area contributed by atoms with E-state index in [1.807, 2.05) is 13.8 Å². The molecule has 1 aromatic rings. The molecule has 1 aromatic heterocycles. The molecule has 0 radical (unpaired) electrons. The monoisotopic (exact) mass is 208 g/mol. The summed E-state index contributed by atoms with van der Waals surface area (Å²) in [7, 11) is 2.19. The van der Waals surface area contributed by atoms with Gasteiger partial charge in [-0.15, -0.1) is 0 Å². The molecule has 2 rings (SSSR count). The van der Waals surface area contributed by atoms with Crippen LogP contribution in [-0.2, 0) is 6.54 Å². The Hall–Kier alpha value is -0.830. The molecule has 15 heavy (non-hydrogen) atoms. The van der Waals surface area contributed by atoms with E-state index in [1.165, 1.54) is 18.4 Å². The molecule has 0 N–H and O–H groups in total. The average Bonchev–Trinajstić information content (AvgIpc) is 3.00. The quantitative estimate of drug-likeness (QED) is 0.761. The largest absolute Gasteiger partial charge is 0.361 e. The molecule has 0 bridgehead atoms. The highest BCUT2D eigenvalue weighted by molar-refractivity contribution is 5.20. The number of nitrogens with zero attached hydrogens (tertiary/aromatic N) is 2. The van der Waals surface area contributed by atoms with Gasteiger partial charge in [-0.1, -0.05) is 5.16 Å². The number of rotatable bonds is 4. The van der Waals surface area contributed by atoms with Crippen molar-refractivity contribution in [2.45, 2.75) is 46.2 Å². The number of hydrogen-bond acceptors (Lipinski definition) is 3. The van der Waals surface area contributed by atoms with Gasteiger partial charge < -0.3 is 4.52 Å². The van der Waals surface area contributed by atoms with Gasteiger partial charge in [-0.25, -0.2) is 0 Å². The predicted octanol–water partition coefficient (Wildman–Crippen LogP) is 2.52. The molecular formula is C12H20N2O. The third-order valence-electron chi connectivity index (χ3n) is 3.59. The minimum absolute atomic E-state index is 0.679. The fraction of sp³-hybridized carbons (Fsp3) is 0.750. The van der Waals surface area contributed by atoms with Crippen molar-refractivity contribution in [3.05, 3.63) is 17.0 Å². The molecule has 0 amide bonds. The van der Waals surface area contributed by atoms with Crippen LogP contribution in [0.2, 0.25) is 0 Å². The van der Waals surface area contributed by atoms with Gasteiger partial charge in [0.25, 0.3) is 0 Å². The Labute approximate surface area is 91.4 Å². The Morgan fingerprint density at radius 3 is 2.60 bits per heavy atom. The van der Waals surface area contributed by atoms with Gasteiger partial charge in [-0.3, -0.25) is 4.90 Å². The molecule has 0 aromatic carbocycles. The van der Waals surface area contributed by atoms with E-state index in [2.05, 4.69) is 24.0 Å². The van der Waals surface area contributed by atoms with E-state index >= 15 is 0 Å². The van der Waals surface area contributed by atoms with Gasteiger partial charge in [0.15, 0.2) is 0 Å². The van der Waals surface area contributed by atoms with Gasteiger partial charge in [-0.05, 0) is 46.6 Å². The Kier molecular flexibility index (Phi) is 2.83. The fourth-order valence-electron chi connectivity index (χ4n) is 2.06. The Morgan fingerprint density at radius 2 is 2.13 bits per heavy atom. The van der Waals surface area contributed by atoms with E-state index in [0.717, 1.165) is 23.9 Å². The SMILES string of the molecule is Cc1noc(C)c1CN(C)C(C)C1CC1. The number of aromatic nitrogens is 1. The Bertz CT molecular complexity index is 322. The van der Waals surface area contributed by atoms with Gasteiger partial charge >= 0.3 is 0 Å². The van der Waals surface area contributed by atoms with Gasteiger partial charge in [0.2, 0.25) is 0 Å². The van der Waals surface area contributed by atoms with Crippen LogP contribution in [0.4, 0.5) is 0 Å². The van der Waals surface area contributed by atoms with E-state index in [9.17, 15) is 0 Å². The summed E-state index contributed by atoms with van der Waals surface area (Å²) in [6.45, 7) is 7.28. The van der Waals surface area contributed by atoms with E-state index in [4.69, 9.17) is 4.52 Å². The van der Waals surface area contributed by atoms with E-state index < -0.39 is 0 Å². The zero-order chi connectivity index (χ0) is 11.0. The lowest BCUT2D eigenvalue weighted by atomic mass is 10.1. The normalized spacial score (nSPS) is 18.5. The van der Waals surface area contributed by atoms with E-state index in [0.29, 0.717) is 6.04 Å². The molecule has 1 heterocycles. The maximum atomic E-state index is 5.18. The third kappa shape index (κ3) is 2.23. The smallest absolute Gasteiger partial charge is 0.138 e. The Balaban J connectivity index is 2.01. The molecule has 3 nitrogen and oxygen atoms in total. The van der Waals surface area contributed by atoms with Crippen LogP contribution in [0, 0.1) is 19.8 Å². The first-order chi connectivity index (χ1) is 7.09. The first-order valence-electron chi connectivity index (χ1n) is 5.71. The first kappa shape index (κ1) is 10.7.